The van der Waals surface area contributed by atoms with Gasteiger partial charge in [0.2, 0.25) is 11.8 Å². The normalized spacial score (nSPS) is 15.3. The Hall–Kier alpha value is -6.16. The second kappa shape index (κ2) is 22.4. The van der Waals surface area contributed by atoms with E-state index in [0.717, 1.165) is 28.1 Å². The molecule has 352 valence electrons. The molecule has 1 saturated heterocycles. The molecule has 7 rings (SSSR count). The number of hydrogen-bond acceptors (Lipinski definition) is 13. The van der Waals surface area contributed by atoms with Crippen molar-refractivity contribution in [3.63, 3.8) is 0 Å². The molecule has 66 heavy (non-hydrogen) atoms. The number of rotatable bonds is 26. The van der Waals surface area contributed by atoms with Gasteiger partial charge in [-0.2, -0.15) is 5.10 Å². The quantitative estimate of drug-likeness (QED) is 0.0532. The number of alkyl halides is 2. The van der Waals surface area contributed by atoms with Crippen molar-refractivity contribution < 1.29 is 61.2 Å². The maximum Gasteiger partial charge on any atom is 0.270 e. The van der Waals surface area contributed by atoms with E-state index in [9.17, 15) is 32.8 Å². The van der Waals surface area contributed by atoms with Crippen molar-refractivity contribution in [1.82, 2.24) is 29.9 Å². The zero-order chi connectivity index (χ0) is 46.6. The van der Waals surface area contributed by atoms with Crippen molar-refractivity contribution in [2.45, 2.75) is 31.7 Å². The average molecular weight is 918 g/mol. The van der Waals surface area contributed by atoms with Gasteiger partial charge in [-0.25, -0.2) is 8.78 Å². The van der Waals surface area contributed by atoms with E-state index in [1.807, 2.05) is 16.8 Å². The van der Waals surface area contributed by atoms with Crippen LogP contribution < -0.4 is 16.0 Å². The zero-order valence-electron chi connectivity index (χ0n) is 36.8. The fraction of sp³-hybridized carbons (Fsp3) is 0.435. The summed E-state index contributed by atoms with van der Waals surface area (Å²) in [5.41, 5.74) is 3.39. The van der Waals surface area contributed by atoms with Gasteiger partial charge in [0, 0.05) is 73.0 Å². The Bertz CT molecular complexity index is 2520. The summed E-state index contributed by atoms with van der Waals surface area (Å²) in [5, 5.41) is 14.4. The number of carbonyl (C=O) groups excluding carboxylic acids is 5. The third kappa shape index (κ3) is 11.6. The molecule has 1 atom stereocenters. The van der Waals surface area contributed by atoms with Gasteiger partial charge in [0.15, 0.2) is 5.65 Å². The highest BCUT2D eigenvalue weighted by atomic mass is 19.3. The van der Waals surface area contributed by atoms with E-state index in [-0.39, 0.29) is 35.4 Å². The van der Waals surface area contributed by atoms with Crippen LogP contribution in [0.1, 0.15) is 56.4 Å². The number of fused-ring (bicyclic) bond motifs is 4. The summed E-state index contributed by atoms with van der Waals surface area (Å²) in [6.07, 6.45) is 2.01. The lowest BCUT2D eigenvalue weighted by atomic mass is 10.0. The van der Waals surface area contributed by atoms with E-state index in [0.29, 0.717) is 115 Å². The van der Waals surface area contributed by atoms with Crippen molar-refractivity contribution in [2.75, 3.05) is 97.7 Å². The Morgan fingerprint density at radius 3 is 1.98 bits per heavy atom. The molecular formula is C46H53F2N7O11. The van der Waals surface area contributed by atoms with Gasteiger partial charge in [-0.05, 0) is 48.9 Å². The number of aromatic nitrogens is 3. The number of ether oxygens (including phenoxy) is 6. The second-order valence-corrected chi connectivity index (χ2v) is 15.6. The Balaban J connectivity index is 0.668. The number of anilines is 1. The summed E-state index contributed by atoms with van der Waals surface area (Å²) in [7, 11) is 1.80. The van der Waals surface area contributed by atoms with Crippen molar-refractivity contribution in [3.8, 4) is 5.69 Å². The Kier molecular flexibility index (Phi) is 16.2. The first-order valence-corrected chi connectivity index (χ1v) is 21.7. The first-order valence-electron chi connectivity index (χ1n) is 21.7. The largest absolute Gasteiger partial charge is 0.382 e. The summed E-state index contributed by atoms with van der Waals surface area (Å²) in [6.45, 7) is 5.95. The Labute approximate surface area is 378 Å². The van der Waals surface area contributed by atoms with Gasteiger partial charge in [-0.1, -0.05) is 18.2 Å². The molecule has 5 aromatic rings. The molecule has 1 unspecified atom stereocenters. The maximum atomic E-state index is 13.8. The molecular weight excluding hydrogens is 865 g/mol. The first-order chi connectivity index (χ1) is 31.9. The summed E-state index contributed by atoms with van der Waals surface area (Å²) < 4.78 is 64.6. The molecule has 2 aromatic heterocycles. The number of carbonyl (C=O) groups is 5. The highest BCUT2D eigenvalue weighted by molar-refractivity contribution is 6.25. The monoisotopic (exact) mass is 917 g/mol. The van der Waals surface area contributed by atoms with Crippen LogP contribution in [0.25, 0.3) is 27.6 Å². The maximum absolute atomic E-state index is 13.8. The van der Waals surface area contributed by atoms with Crippen molar-refractivity contribution in [2.24, 2.45) is 7.05 Å². The molecule has 0 bridgehead atoms. The fourth-order valence-corrected chi connectivity index (χ4v) is 7.66. The lowest BCUT2D eigenvalue weighted by Crippen LogP contribution is -2.54. The number of amides is 5. The van der Waals surface area contributed by atoms with Gasteiger partial charge in [0.05, 0.1) is 95.9 Å². The number of halogens is 2. The van der Waals surface area contributed by atoms with Crippen LogP contribution in [0, 0.1) is 0 Å². The van der Waals surface area contributed by atoms with Crippen LogP contribution in [0.3, 0.4) is 0 Å². The third-order valence-corrected chi connectivity index (χ3v) is 10.9. The number of nitrogens with one attached hydrogen (secondary N) is 3. The molecule has 18 nitrogen and oxygen atoms in total. The lowest BCUT2D eigenvalue weighted by molar-refractivity contribution is -0.136. The van der Waals surface area contributed by atoms with Gasteiger partial charge in [0.25, 0.3) is 23.6 Å². The minimum atomic E-state index is -2.95. The summed E-state index contributed by atoms with van der Waals surface area (Å²) in [6, 6.07) is 15.3. The van der Waals surface area contributed by atoms with E-state index < -0.39 is 35.6 Å². The molecule has 5 amide bonds. The SMILES string of the molecule is Cn1cc2c3cc(C(=O)NCCOCCOCCOCCOCCOCCOCCNc4cccc5c4C(=O)N(C4CCC(=O)NC4=O)C5=O)ccc3n(-c3ccc(C(C)(F)F)cc3)c2n1. The van der Waals surface area contributed by atoms with Crippen molar-refractivity contribution in [1.29, 1.82) is 0 Å². The second-order valence-electron chi connectivity index (χ2n) is 15.6. The van der Waals surface area contributed by atoms with Crippen LogP contribution >= 0.6 is 0 Å². The minimum Gasteiger partial charge on any atom is -0.382 e. The first kappa shape index (κ1) is 47.8. The van der Waals surface area contributed by atoms with Crippen LogP contribution in [0.5, 0.6) is 0 Å². The summed E-state index contributed by atoms with van der Waals surface area (Å²) in [5.74, 6) is -5.42. The standard InChI is InChI=1S/C46H53F2N7O11/c1-46(47,48)31-7-9-32(10-8-31)54-37-11-6-30(28-34(37)35-29-53(2)52-41(35)54)42(57)50-15-17-62-19-21-64-23-25-66-27-26-65-24-22-63-20-18-61-16-14-49-36-5-3-4-33-40(36)45(60)55(44(33)59)38-12-13-39(56)51-43(38)58/h3-11,28-29,38,49H,12-27H2,1-2H3,(H,50,57)(H,51,56,58). The highest BCUT2D eigenvalue weighted by Gasteiger charge is 2.45. The number of hydrogen-bond donors (Lipinski definition) is 3. The molecule has 4 heterocycles. The molecule has 20 heteroatoms. The topological polar surface area (TPSA) is 203 Å². The summed E-state index contributed by atoms with van der Waals surface area (Å²) >= 11 is 0. The predicted octanol–water partition coefficient (Wildman–Crippen LogP) is 3.97. The van der Waals surface area contributed by atoms with Gasteiger partial charge >= 0.3 is 0 Å². The van der Waals surface area contributed by atoms with E-state index in [1.54, 1.807) is 54.2 Å². The predicted molar refractivity (Wildman–Crippen MR) is 236 cm³/mol. The van der Waals surface area contributed by atoms with Crippen LogP contribution in [0.2, 0.25) is 0 Å². The smallest absolute Gasteiger partial charge is 0.270 e. The third-order valence-electron chi connectivity index (χ3n) is 10.9. The van der Waals surface area contributed by atoms with Gasteiger partial charge in [-0.15, -0.1) is 0 Å². The van der Waals surface area contributed by atoms with Crippen LogP contribution in [-0.2, 0) is 51.0 Å². The molecule has 3 N–H and O–H groups in total. The van der Waals surface area contributed by atoms with Crippen LogP contribution in [0.15, 0.2) is 66.9 Å². The zero-order valence-corrected chi connectivity index (χ0v) is 36.8. The Morgan fingerprint density at radius 1 is 0.773 bits per heavy atom. The highest BCUT2D eigenvalue weighted by Crippen LogP contribution is 2.35. The van der Waals surface area contributed by atoms with E-state index in [4.69, 9.17) is 28.4 Å². The van der Waals surface area contributed by atoms with Crippen molar-refractivity contribution >= 4 is 57.2 Å². The molecule has 2 aliphatic heterocycles. The molecule has 0 radical (unpaired) electrons. The van der Waals surface area contributed by atoms with Gasteiger partial charge in [0.1, 0.15) is 6.04 Å². The Morgan fingerprint density at radius 2 is 1.38 bits per heavy atom. The molecule has 0 aliphatic carbocycles. The lowest BCUT2D eigenvalue weighted by Gasteiger charge is -2.27. The number of aryl methyl sites for hydroxylation is 1. The fourth-order valence-electron chi connectivity index (χ4n) is 7.66. The van der Waals surface area contributed by atoms with E-state index in [2.05, 4.69) is 21.0 Å². The van der Waals surface area contributed by atoms with Crippen LogP contribution in [-0.4, -0.2) is 147 Å². The van der Waals surface area contributed by atoms with Crippen LogP contribution in [0.4, 0.5) is 14.5 Å². The van der Waals surface area contributed by atoms with Crippen molar-refractivity contribution in [3.05, 3.63) is 89.1 Å². The molecule has 1 fully saturated rings. The average Bonchev–Trinajstić information content (AvgIpc) is 3.90. The van der Waals surface area contributed by atoms with E-state index >= 15 is 0 Å². The number of nitrogens with zero attached hydrogens (tertiary/aromatic N) is 4. The number of piperidine rings is 1. The molecule has 3 aromatic carbocycles. The summed E-state index contributed by atoms with van der Waals surface area (Å²) in [4.78, 5) is 64.0. The molecule has 0 saturated carbocycles. The van der Waals surface area contributed by atoms with Gasteiger partial charge < -0.3 is 39.1 Å². The number of benzene rings is 3. The molecule has 0 spiro atoms. The number of imide groups is 2. The minimum absolute atomic E-state index is 0.0530. The molecule has 2 aliphatic rings. The van der Waals surface area contributed by atoms with E-state index in [1.165, 1.54) is 12.1 Å². The van der Waals surface area contributed by atoms with Gasteiger partial charge in [-0.3, -0.25) is 43.4 Å².